The van der Waals surface area contributed by atoms with Gasteiger partial charge in [-0.15, -0.1) is 0 Å². The summed E-state index contributed by atoms with van der Waals surface area (Å²) in [6.07, 6.45) is 14.7. The summed E-state index contributed by atoms with van der Waals surface area (Å²) in [7, 11) is 0. The van der Waals surface area contributed by atoms with Crippen LogP contribution in [-0.2, 0) is 0 Å². The average Bonchev–Trinajstić information content (AvgIpc) is 4.10. The van der Waals surface area contributed by atoms with Gasteiger partial charge >= 0.3 is 0 Å². The third-order valence-electron chi connectivity index (χ3n) is 15.6. The minimum Gasteiger partial charge on any atom is -0.315 e. The van der Waals surface area contributed by atoms with Gasteiger partial charge in [0.2, 0.25) is 0 Å². The molecule has 1 unspecified atom stereocenters. The number of para-hydroxylation sites is 4. The number of hydrogen-bond acceptors (Lipinski definition) is 2. The highest BCUT2D eigenvalue weighted by Crippen LogP contribution is 2.43. The highest BCUT2D eigenvalue weighted by atomic mass is 15.2. The molecule has 0 bridgehead atoms. The van der Waals surface area contributed by atoms with Gasteiger partial charge in [0.05, 0.1) is 22.1 Å². The molecule has 4 nitrogen and oxygen atoms in total. The zero-order valence-corrected chi connectivity index (χ0v) is 42.1. The first kappa shape index (κ1) is 45.0. The fourth-order valence-electron chi connectivity index (χ4n) is 11.9. The number of rotatable bonds is 11. The number of anilines is 4. The van der Waals surface area contributed by atoms with Gasteiger partial charge in [-0.3, -0.25) is 0 Å². The van der Waals surface area contributed by atoms with Crippen molar-refractivity contribution in [1.29, 1.82) is 0 Å². The quantitative estimate of drug-likeness (QED) is 0.128. The topological polar surface area (TPSA) is 16.3 Å². The van der Waals surface area contributed by atoms with E-state index >= 15 is 0 Å². The number of hydrogen-bond donors (Lipinski definition) is 0. The molecular weight excluding hydrogens is 921 g/mol. The molecule has 10 aromatic carbocycles. The molecule has 12 aromatic rings. The zero-order chi connectivity index (χ0) is 50.4. The van der Waals surface area contributed by atoms with Crippen molar-refractivity contribution in [2.45, 2.75) is 25.2 Å². The minimum atomic E-state index is 0.231. The van der Waals surface area contributed by atoms with Crippen LogP contribution in [0, 0.1) is 0 Å². The van der Waals surface area contributed by atoms with Crippen LogP contribution >= 0.6 is 0 Å². The monoisotopic (exact) mass is 974 g/mol. The van der Waals surface area contributed by atoms with Crippen molar-refractivity contribution < 1.29 is 0 Å². The number of allylic oxidation sites excluding steroid dienone is 7. The second kappa shape index (κ2) is 19.3. The van der Waals surface area contributed by atoms with Gasteiger partial charge < -0.3 is 18.9 Å². The highest BCUT2D eigenvalue weighted by Gasteiger charge is 2.24. The second-order valence-corrected chi connectivity index (χ2v) is 20.0. The molecule has 0 fully saturated rings. The molecule has 2 aromatic heterocycles. The van der Waals surface area contributed by atoms with E-state index in [2.05, 4.69) is 304 Å². The van der Waals surface area contributed by atoms with Crippen molar-refractivity contribution in [1.82, 2.24) is 9.13 Å². The summed E-state index contributed by atoms with van der Waals surface area (Å²) in [6, 6.07) is 92.7. The van der Waals surface area contributed by atoms with Gasteiger partial charge in [0, 0.05) is 73.0 Å². The Kier molecular flexibility index (Phi) is 11.4. The van der Waals surface area contributed by atoms with E-state index in [4.69, 9.17) is 0 Å². The molecule has 4 heteroatoms. The molecule has 1 atom stereocenters. The van der Waals surface area contributed by atoms with Crippen molar-refractivity contribution in [2.75, 3.05) is 9.80 Å². The maximum Gasteiger partial charge on any atom is 0.0542 e. The Labute approximate surface area is 444 Å². The van der Waals surface area contributed by atoms with Crippen molar-refractivity contribution in [3.8, 4) is 22.5 Å². The molecule has 0 radical (unpaired) electrons. The van der Waals surface area contributed by atoms with Crippen LogP contribution in [0.15, 0.2) is 297 Å². The van der Waals surface area contributed by atoms with E-state index in [1.807, 2.05) is 0 Å². The Morgan fingerprint density at radius 3 is 1.34 bits per heavy atom. The predicted octanol–water partition coefficient (Wildman–Crippen LogP) is 19.2. The zero-order valence-electron chi connectivity index (χ0n) is 42.1. The Balaban J connectivity index is 0.814. The average molecular weight is 975 g/mol. The summed E-state index contributed by atoms with van der Waals surface area (Å²) in [5.41, 5.74) is 20.5. The number of fused-ring (bicyclic) bond motifs is 6. The fraction of sp³-hybridized carbons (Fsp3) is 0.0556. The van der Waals surface area contributed by atoms with Crippen LogP contribution in [-0.4, -0.2) is 9.13 Å². The largest absolute Gasteiger partial charge is 0.315 e. The summed E-state index contributed by atoms with van der Waals surface area (Å²) in [5.74, 6) is 0.231. The Bertz CT molecular complexity index is 4220. The first-order chi connectivity index (χ1) is 37.7. The third-order valence-corrected chi connectivity index (χ3v) is 15.6. The Morgan fingerprint density at radius 1 is 0.355 bits per heavy atom. The molecule has 2 aliphatic carbocycles. The number of nitrogens with zero attached hydrogens (tertiary/aromatic N) is 4. The van der Waals surface area contributed by atoms with Crippen molar-refractivity contribution in [3.05, 3.63) is 308 Å². The summed E-state index contributed by atoms with van der Waals surface area (Å²) in [4.78, 5) is 4.92. The second-order valence-electron chi connectivity index (χ2n) is 20.0. The maximum absolute atomic E-state index is 2.51. The van der Waals surface area contributed by atoms with E-state index in [0.717, 1.165) is 42.0 Å². The van der Waals surface area contributed by atoms with Crippen LogP contribution in [0.2, 0.25) is 0 Å². The van der Waals surface area contributed by atoms with E-state index < -0.39 is 0 Å². The van der Waals surface area contributed by atoms with Crippen LogP contribution in [0.3, 0.4) is 0 Å². The van der Waals surface area contributed by atoms with Crippen LogP contribution in [0.5, 0.6) is 0 Å². The first-order valence-electron chi connectivity index (χ1n) is 26.6. The molecule has 0 saturated heterocycles. The van der Waals surface area contributed by atoms with Gasteiger partial charge in [-0.1, -0.05) is 176 Å². The summed E-state index contributed by atoms with van der Waals surface area (Å²) in [6.45, 7) is 0. The SMILES string of the molecule is C1=CC(c2ccc(N(c3ccc(-c4ccccc4)cc3)c3ccc4c(c3)c3ccccc3n4-c3ccccc3)cc2)CC=C1N(C1=CC=C(c2ccccc2)CC1)c1ccc2c(c1)c1ccccc1n2-c1ccccc1. The number of aromatic nitrogens is 2. The van der Waals surface area contributed by atoms with Crippen LogP contribution in [0.4, 0.5) is 22.7 Å². The molecule has 0 spiro atoms. The fourth-order valence-corrected chi connectivity index (χ4v) is 11.9. The molecular formula is C72H54N4. The van der Waals surface area contributed by atoms with E-state index in [0.29, 0.717) is 0 Å². The lowest BCUT2D eigenvalue weighted by molar-refractivity contribution is 0.828. The molecule has 2 aliphatic rings. The normalized spacial score (nSPS) is 14.5. The molecule has 14 rings (SSSR count). The first-order valence-corrected chi connectivity index (χ1v) is 26.6. The molecule has 0 N–H and O–H groups in total. The molecule has 76 heavy (non-hydrogen) atoms. The molecule has 0 amide bonds. The van der Waals surface area contributed by atoms with Crippen LogP contribution < -0.4 is 9.80 Å². The van der Waals surface area contributed by atoms with Gasteiger partial charge in [0.25, 0.3) is 0 Å². The lowest BCUT2D eigenvalue weighted by Crippen LogP contribution is -2.23. The van der Waals surface area contributed by atoms with Gasteiger partial charge in [-0.05, 0) is 156 Å². The Hall–Kier alpha value is -9.64. The van der Waals surface area contributed by atoms with Crippen molar-refractivity contribution in [2.24, 2.45) is 0 Å². The summed E-state index contributed by atoms with van der Waals surface area (Å²) in [5, 5.41) is 4.95. The van der Waals surface area contributed by atoms with Gasteiger partial charge in [0.1, 0.15) is 0 Å². The number of benzene rings is 10. The molecule has 0 saturated carbocycles. The molecule has 2 heterocycles. The smallest absolute Gasteiger partial charge is 0.0542 e. The predicted molar refractivity (Wildman–Crippen MR) is 320 cm³/mol. The standard InChI is InChI=1S/C72H54N4/c1-5-17-51(18-6-1)53-29-37-59(38-30-53)73(63-45-47-71-67(49-63)65-25-13-15-27-69(65)75(71)57-21-9-3-10-22-57)61-41-33-55(34-42-61)56-35-43-62(44-36-56)74(60-39-31-54(32-40-60)52-19-7-2-8-20-52)64-46-48-72-68(50-64)66-26-14-16-28-70(66)76(72)58-23-11-4-12-24-58/h1-31,33-35,37-39,41-50,56H,32,36,40H2. The van der Waals surface area contributed by atoms with Crippen LogP contribution in [0.1, 0.15) is 36.3 Å². The highest BCUT2D eigenvalue weighted by molar-refractivity contribution is 6.12. The van der Waals surface area contributed by atoms with Gasteiger partial charge in [0.15, 0.2) is 0 Å². The Morgan fingerprint density at radius 2 is 0.816 bits per heavy atom. The third kappa shape index (κ3) is 8.12. The molecule has 0 aliphatic heterocycles. The lowest BCUT2D eigenvalue weighted by atomic mass is 9.90. The lowest BCUT2D eigenvalue weighted by Gasteiger charge is -2.32. The van der Waals surface area contributed by atoms with E-state index in [1.165, 1.54) is 94.2 Å². The van der Waals surface area contributed by atoms with Crippen molar-refractivity contribution in [3.63, 3.8) is 0 Å². The van der Waals surface area contributed by atoms with Crippen LogP contribution in [0.25, 0.3) is 71.7 Å². The molecule has 362 valence electrons. The minimum absolute atomic E-state index is 0.231. The van der Waals surface area contributed by atoms with E-state index in [1.54, 1.807) is 0 Å². The van der Waals surface area contributed by atoms with Gasteiger partial charge in [-0.25, -0.2) is 0 Å². The van der Waals surface area contributed by atoms with E-state index in [-0.39, 0.29) is 5.92 Å². The maximum atomic E-state index is 2.51. The summed E-state index contributed by atoms with van der Waals surface area (Å²) >= 11 is 0. The van der Waals surface area contributed by atoms with E-state index in [9.17, 15) is 0 Å². The summed E-state index contributed by atoms with van der Waals surface area (Å²) < 4.78 is 4.78. The van der Waals surface area contributed by atoms with Gasteiger partial charge in [-0.2, -0.15) is 0 Å². The van der Waals surface area contributed by atoms with Crippen molar-refractivity contribution >= 4 is 71.9 Å².